The quantitative estimate of drug-likeness (QED) is 0.649. The van der Waals surface area contributed by atoms with E-state index in [1.807, 2.05) is 35.7 Å². The summed E-state index contributed by atoms with van der Waals surface area (Å²) in [4.78, 5) is 18.9. The molecule has 1 amide bonds. The first-order chi connectivity index (χ1) is 13.1. The Morgan fingerprint density at radius 2 is 2.04 bits per heavy atom. The molecule has 1 aliphatic heterocycles. The fourth-order valence-corrected chi connectivity index (χ4v) is 5.08. The van der Waals surface area contributed by atoms with Crippen molar-refractivity contribution in [2.75, 3.05) is 17.8 Å². The van der Waals surface area contributed by atoms with E-state index in [9.17, 15) is 9.90 Å². The molecule has 0 aliphatic carbocycles. The Morgan fingerprint density at radius 3 is 2.74 bits per heavy atom. The monoisotopic (exact) mass is 418 g/mol. The van der Waals surface area contributed by atoms with Gasteiger partial charge in [0, 0.05) is 16.0 Å². The van der Waals surface area contributed by atoms with Gasteiger partial charge in [-0.1, -0.05) is 29.8 Å². The molecule has 4 rings (SSSR count). The number of carbonyl (C=O) groups excluding carboxylic acids is 1. The second kappa shape index (κ2) is 7.42. The van der Waals surface area contributed by atoms with E-state index in [2.05, 4.69) is 4.98 Å². The van der Waals surface area contributed by atoms with Crippen LogP contribution in [0.3, 0.4) is 0 Å². The number of anilines is 1. The van der Waals surface area contributed by atoms with Crippen LogP contribution in [0.25, 0.3) is 11.3 Å². The Balaban J connectivity index is 1.66. The van der Waals surface area contributed by atoms with Gasteiger partial charge in [-0.2, -0.15) is 0 Å². The molecule has 8 heteroatoms. The summed E-state index contributed by atoms with van der Waals surface area (Å²) in [5.74, 6) is 0.819. The molecule has 1 aromatic heterocycles. The molecule has 3 aromatic rings. The van der Waals surface area contributed by atoms with Crippen LogP contribution in [-0.2, 0) is 4.79 Å². The van der Waals surface area contributed by atoms with E-state index in [0.29, 0.717) is 21.7 Å². The number of hydrogen-bond acceptors (Lipinski definition) is 6. The van der Waals surface area contributed by atoms with Crippen molar-refractivity contribution < 1.29 is 14.6 Å². The van der Waals surface area contributed by atoms with Crippen molar-refractivity contribution in [3.05, 3.63) is 58.4 Å². The minimum atomic E-state index is -0.237. The average molecular weight is 419 g/mol. The fraction of sp³-hybridized carbons (Fsp3) is 0.158. The van der Waals surface area contributed by atoms with Crippen molar-refractivity contribution in [3.63, 3.8) is 0 Å². The molecule has 0 bridgehead atoms. The summed E-state index contributed by atoms with van der Waals surface area (Å²) in [6, 6.07) is 12.6. The van der Waals surface area contributed by atoms with Gasteiger partial charge in [-0.25, -0.2) is 4.98 Å². The number of benzene rings is 2. The molecule has 1 atom stereocenters. The van der Waals surface area contributed by atoms with Crippen LogP contribution in [0.1, 0.15) is 10.9 Å². The standard InChI is InChI=1S/C19H15ClN2O3S2/c1-25-16-7-4-12(8-15(16)23)18-22(17(24)10-26-18)19-21-14(9-27-19)11-2-5-13(20)6-3-11/h2-9,18,23H,10H2,1H3. The lowest BCUT2D eigenvalue weighted by molar-refractivity contribution is -0.115. The first kappa shape index (κ1) is 18.2. The maximum absolute atomic E-state index is 12.5. The lowest BCUT2D eigenvalue weighted by Crippen LogP contribution is -2.27. The molecule has 5 nitrogen and oxygen atoms in total. The molecular weight excluding hydrogens is 404 g/mol. The largest absolute Gasteiger partial charge is 0.504 e. The highest BCUT2D eigenvalue weighted by molar-refractivity contribution is 8.00. The number of phenolic OH excluding ortho intramolecular Hbond substituents is 1. The van der Waals surface area contributed by atoms with E-state index in [1.54, 1.807) is 17.0 Å². The van der Waals surface area contributed by atoms with E-state index in [-0.39, 0.29) is 17.0 Å². The second-order valence-corrected chi connectivity index (χ2v) is 8.22. The highest BCUT2D eigenvalue weighted by atomic mass is 35.5. The summed E-state index contributed by atoms with van der Waals surface area (Å²) in [5.41, 5.74) is 2.57. The number of carbonyl (C=O) groups is 1. The van der Waals surface area contributed by atoms with E-state index in [1.165, 1.54) is 30.2 Å². The number of aromatic hydroxyl groups is 1. The van der Waals surface area contributed by atoms with E-state index >= 15 is 0 Å². The first-order valence-corrected chi connectivity index (χ1v) is 10.4. The van der Waals surface area contributed by atoms with Crippen LogP contribution in [0.4, 0.5) is 5.13 Å². The zero-order valence-electron chi connectivity index (χ0n) is 14.3. The van der Waals surface area contributed by atoms with E-state index in [0.717, 1.165) is 16.8 Å². The maximum Gasteiger partial charge on any atom is 0.240 e. The Kier molecular flexibility index (Phi) is 4.99. The zero-order valence-corrected chi connectivity index (χ0v) is 16.6. The molecule has 27 heavy (non-hydrogen) atoms. The van der Waals surface area contributed by atoms with Crippen LogP contribution in [0.15, 0.2) is 47.8 Å². The molecule has 1 aliphatic rings. The SMILES string of the molecule is COc1ccc(C2SCC(=O)N2c2nc(-c3ccc(Cl)cc3)cs2)cc1O. The number of amides is 1. The number of aromatic nitrogens is 1. The highest BCUT2D eigenvalue weighted by Gasteiger charge is 2.36. The van der Waals surface area contributed by atoms with Crippen molar-refractivity contribution in [3.8, 4) is 22.8 Å². The summed E-state index contributed by atoms with van der Waals surface area (Å²) < 4.78 is 5.10. The summed E-state index contributed by atoms with van der Waals surface area (Å²) in [6.45, 7) is 0. The molecule has 138 valence electrons. The molecule has 0 saturated carbocycles. The summed E-state index contributed by atoms with van der Waals surface area (Å²) >= 11 is 8.88. The number of halogens is 1. The summed E-state index contributed by atoms with van der Waals surface area (Å²) in [7, 11) is 1.50. The Bertz CT molecular complexity index is 991. The number of methoxy groups -OCH3 is 1. The van der Waals surface area contributed by atoms with Crippen molar-refractivity contribution in [2.24, 2.45) is 0 Å². The lowest BCUT2D eigenvalue weighted by Gasteiger charge is -2.22. The number of ether oxygens (including phenoxy) is 1. The Labute approximate surface area is 169 Å². The fourth-order valence-electron chi connectivity index (χ4n) is 2.87. The molecule has 1 fully saturated rings. The van der Waals surface area contributed by atoms with Gasteiger partial charge in [-0.15, -0.1) is 23.1 Å². The van der Waals surface area contributed by atoms with Crippen LogP contribution in [0, 0.1) is 0 Å². The average Bonchev–Trinajstić information content (AvgIpc) is 3.29. The van der Waals surface area contributed by atoms with Gasteiger partial charge in [0.25, 0.3) is 0 Å². The van der Waals surface area contributed by atoms with E-state index < -0.39 is 0 Å². The van der Waals surface area contributed by atoms with Gasteiger partial charge in [-0.3, -0.25) is 9.69 Å². The van der Waals surface area contributed by atoms with Crippen molar-refractivity contribution in [1.82, 2.24) is 4.98 Å². The van der Waals surface area contributed by atoms with Gasteiger partial charge in [0.15, 0.2) is 16.6 Å². The Hall–Kier alpha value is -2.22. The van der Waals surface area contributed by atoms with Crippen molar-refractivity contribution in [2.45, 2.75) is 5.37 Å². The molecule has 1 unspecified atom stereocenters. The Morgan fingerprint density at radius 1 is 1.26 bits per heavy atom. The third-order valence-electron chi connectivity index (χ3n) is 4.19. The molecule has 0 spiro atoms. The number of thioether (sulfide) groups is 1. The minimum absolute atomic E-state index is 0.00249. The number of nitrogens with zero attached hydrogens (tertiary/aromatic N) is 2. The normalized spacial score (nSPS) is 16.7. The molecule has 2 aromatic carbocycles. The minimum Gasteiger partial charge on any atom is -0.504 e. The molecule has 0 radical (unpaired) electrons. The number of phenols is 1. The topological polar surface area (TPSA) is 62.7 Å². The van der Waals surface area contributed by atoms with Gasteiger partial charge in [0.05, 0.1) is 18.6 Å². The van der Waals surface area contributed by atoms with Crippen LogP contribution in [0.2, 0.25) is 5.02 Å². The van der Waals surface area contributed by atoms with Gasteiger partial charge in [0.1, 0.15) is 5.37 Å². The first-order valence-electron chi connectivity index (χ1n) is 8.09. The molecule has 1 saturated heterocycles. The summed E-state index contributed by atoms with van der Waals surface area (Å²) in [6.07, 6.45) is 0. The van der Waals surface area contributed by atoms with Crippen molar-refractivity contribution >= 4 is 45.7 Å². The second-order valence-electron chi connectivity index (χ2n) is 5.88. The van der Waals surface area contributed by atoms with Crippen molar-refractivity contribution in [1.29, 1.82) is 0 Å². The van der Waals surface area contributed by atoms with Gasteiger partial charge in [0.2, 0.25) is 5.91 Å². The van der Waals surface area contributed by atoms with E-state index in [4.69, 9.17) is 16.3 Å². The summed E-state index contributed by atoms with van der Waals surface area (Å²) in [5, 5.41) is 13.1. The highest BCUT2D eigenvalue weighted by Crippen LogP contribution is 2.45. The van der Waals surface area contributed by atoms with Crippen LogP contribution in [0.5, 0.6) is 11.5 Å². The molecule has 2 heterocycles. The van der Waals surface area contributed by atoms with Crippen LogP contribution < -0.4 is 9.64 Å². The third kappa shape index (κ3) is 3.50. The predicted molar refractivity (Wildman–Crippen MR) is 110 cm³/mol. The molecular formula is C19H15ClN2O3S2. The number of hydrogen-bond donors (Lipinski definition) is 1. The lowest BCUT2D eigenvalue weighted by atomic mass is 10.2. The number of rotatable bonds is 4. The molecule has 1 N–H and O–H groups in total. The predicted octanol–water partition coefficient (Wildman–Crippen LogP) is 4.96. The van der Waals surface area contributed by atoms with Gasteiger partial charge >= 0.3 is 0 Å². The number of thiazole rings is 1. The van der Waals surface area contributed by atoms with Gasteiger partial charge < -0.3 is 9.84 Å². The van der Waals surface area contributed by atoms with Gasteiger partial charge in [-0.05, 0) is 29.8 Å². The smallest absolute Gasteiger partial charge is 0.240 e. The zero-order chi connectivity index (χ0) is 19.0. The third-order valence-corrected chi connectivity index (χ3v) is 6.50. The van der Waals surface area contributed by atoms with Crippen LogP contribution >= 0.6 is 34.7 Å². The maximum atomic E-state index is 12.5. The van der Waals surface area contributed by atoms with Crippen LogP contribution in [-0.4, -0.2) is 28.9 Å².